The molecule has 0 saturated carbocycles. The van der Waals surface area contributed by atoms with Crippen LogP contribution in [0.5, 0.6) is 0 Å². The molecular weight excluding hydrogens is 586 g/mol. The first-order chi connectivity index (χ1) is 19.0. The molecule has 3 fully saturated rings. The van der Waals surface area contributed by atoms with E-state index in [1.165, 1.54) is 86.5 Å². The second kappa shape index (κ2) is 26.5. The van der Waals surface area contributed by atoms with E-state index in [0.717, 1.165) is 45.8 Å². The number of piperidine rings is 2. The van der Waals surface area contributed by atoms with Crippen molar-refractivity contribution in [3.63, 3.8) is 0 Å². The largest absolute Gasteiger partial charge is 1.00 e. The topological polar surface area (TPSA) is 55.8 Å². The maximum atomic E-state index is 10.7. The summed E-state index contributed by atoms with van der Waals surface area (Å²) in [4.78, 5) is 5.33. The summed E-state index contributed by atoms with van der Waals surface area (Å²) in [6.07, 6.45) is 12.9. The van der Waals surface area contributed by atoms with E-state index in [1.807, 2.05) is 12.1 Å². The van der Waals surface area contributed by atoms with E-state index in [9.17, 15) is 8.76 Å². The van der Waals surface area contributed by atoms with Gasteiger partial charge in [0, 0.05) is 35.7 Å². The monoisotopic (exact) mass is 634 g/mol. The number of ether oxygens (including phenoxy) is 1. The SMILES string of the molecule is Brc1ccc(CN2CCCCC2)cc1.C1CCOC1.O=S([O-])c1ccc(CN2CCCCC2)cc1.[CH2-]CCC.[Li+].[Li+]. The molecule has 5 nitrogen and oxygen atoms in total. The summed E-state index contributed by atoms with van der Waals surface area (Å²) >= 11 is 1.35. The molecule has 0 spiro atoms. The minimum Gasteiger partial charge on any atom is -0.768 e. The number of nitrogens with zero attached hydrogens (tertiary/aromatic N) is 2. The Kier molecular flexibility index (Phi) is 26.6. The number of halogens is 1. The molecule has 2 aromatic rings. The van der Waals surface area contributed by atoms with Gasteiger partial charge >= 0.3 is 37.7 Å². The first-order valence-electron chi connectivity index (χ1n) is 14.8. The molecule has 0 amide bonds. The Morgan fingerprint density at radius 3 is 1.46 bits per heavy atom. The smallest absolute Gasteiger partial charge is 0.768 e. The van der Waals surface area contributed by atoms with Crippen LogP contribution in [-0.4, -0.2) is 58.0 Å². The first-order valence-corrected chi connectivity index (χ1v) is 16.6. The minimum absolute atomic E-state index is 0. The third-order valence-corrected chi connectivity index (χ3v) is 8.11. The number of unbranched alkanes of at least 4 members (excludes halogenated alkanes) is 1. The Hall–Kier alpha value is 0.105. The van der Waals surface area contributed by atoms with Gasteiger partial charge in [-0.05, 0) is 111 Å². The van der Waals surface area contributed by atoms with Crippen LogP contribution in [0.2, 0.25) is 0 Å². The molecule has 5 rings (SSSR count). The molecule has 41 heavy (non-hydrogen) atoms. The fourth-order valence-corrected chi connectivity index (χ4v) is 5.18. The molecule has 3 heterocycles. The predicted molar refractivity (Wildman–Crippen MR) is 166 cm³/mol. The van der Waals surface area contributed by atoms with Gasteiger partial charge in [0.05, 0.1) is 0 Å². The van der Waals surface area contributed by atoms with Crippen LogP contribution in [0.25, 0.3) is 0 Å². The van der Waals surface area contributed by atoms with Crippen molar-refractivity contribution in [3.8, 4) is 0 Å². The summed E-state index contributed by atoms with van der Waals surface area (Å²) < 4.78 is 27.5. The van der Waals surface area contributed by atoms with Crippen LogP contribution in [0.4, 0.5) is 0 Å². The molecule has 0 radical (unpaired) electrons. The van der Waals surface area contributed by atoms with Crippen LogP contribution in [0.15, 0.2) is 57.9 Å². The Bertz CT molecular complexity index is 881. The van der Waals surface area contributed by atoms with Gasteiger partial charge in [0.25, 0.3) is 0 Å². The molecule has 3 aliphatic rings. The van der Waals surface area contributed by atoms with E-state index in [-0.39, 0.29) is 37.7 Å². The molecule has 1 unspecified atom stereocenters. The number of likely N-dealkylation sites (tertiary alicyclic amines) is 2. The third-order valence-electron chi connectivity index (χ3n) is 6.92. The Morgan fingerprint density at radius 1 is 0.756 bits per heavy atom. The Labute approximate surface area is 285 Å². The van der Waals surface area contributed by atoms with E-state index >= 15 is 0 Å². The molecule has 3 saturated heterocycles. The van der Waals surface area contributed by atoms with Gasteiger partial charge in [-0.15, -0.1) is 0 Å². The van der Waals surface area contributed by atoms with Gasteiger partial charge in [-0.25, -0.2) is 0 Å². The zero-order chi connectivity index (χ0) is 28.1. The van der Waals surface area contributed by atoms with Gasteiger partial charge in [0.15, 0.2) is 0 Å². The van der Waals surface area contributed by atoms with Crippen molar-refractivity contribution in [3.05, 3.63) is 71.1 Å². The van der Waals surface area contributed by atoms with Crippen molar-refractivity contribution in [1.82, 2.24) is 9.80 Å². The van der Waals surface area contributed by atoms with Crippen molar-refractivity contribution >= 4 is 27.0 Å². The average Bonchev–Trinajstić information content (AvgIpc) is 3.57. The van der Waals surface area contributed by atoms with E-state index in [0.29, 0.717) is 4.90 Å². The van der Waals surface area contributed by atoms with E-state index < -0.39 is 11.1 Å². The molecule has 2 aromatic carbocycles. The normalized spacial score (nSPS) is 17.6. The molecule has 0 aromatic heterocycles. The molecule has 0 bridgehead atoms. The maximum Gasteiger partial charge on any atom is 1.00 e. The van der Waals surface area contributed by atoms with E-state index in [1.54, 1.807) is 12.1 Å². The Morgan fingerprint density at radius 2 is 1.15 bits per heavy atom. The van der Waals surface area contributed by atoms with Crippen molar-refractivity contribution < 1.29 is 51.2 Å². The second-order valence-corrected chi connectivity index (χ2v) is 12.2. The maximum absolute atomic E-state index is 10.7. The zero-order valence-electron chi connectivity index (χ0n) is 26.0. The van der Waals surface area contributed by atoms with Gasteiger partial charge in [0.1, 0.15) is 0 Å². The molecule has 0 N–H and O–H groups in total. The molecule has 0 aliphatic carbocycles. The van der Waals surface area contributed by atoms with Crippen LogP contribution >= 0.6 is 15.9 Å². The summed E-state index contributed by atoms with van der Waals surface area (Å²) in [5, 5.41) is 0. The molecule has 3 aliphatic heterocycles. The molecule has 1 atom stereocenters. The Balaban J connectivity index is 0.000000582. The summed E-state index contributed by atoms with van der Waals surface area (Å²) in [5.41, 5.74) is 2.62. The number of hydrogen-bond donors (Lipinski definition) is 0. The average molecular weight is 636 g/mol. The number of benzene rings is 2. The predicted octanol–water partition coefficient (Wildman–Crippen LogP) is 1.77. The van der Waals surface area contributed by atoms with Gasteiger partial charge in [-0.1, -0.05) is 66.4 Å². The second-order valence-electron chi connectivity index (χ2n) is 10.4. The summed E-state index contributed by atoms with van der Waals surface area (Å²) in [7, 11) is 0. The van der Waals surface area contributed by atoms with Crippen LogP contribution in [0, 0.1) is 6.92 Å². The van der Waals surface area contributed by atoms with Crippen molar-refractivity contribution in [2.45, 2.75) is 89.1 Å². The first kappa shape index (κ1) is 41.1. The fourth-order valence-electron chi connectivity index (χ4n) is 4.56. The van der Waals surface area contributed by atoms with Crippen molar-refractivity contribution in [2.75, 3.05) is 39.4 Å². The molecular formula is C32H49BrLi2N2O3S. The van der Waals surface area contributed by atoms with Gasteiger partial charge in [-0.3, -0.25) is 14.0 Å². The molecule has 220 valence electrons. The van der Waals surface area contributed by atoms with Gasteiger partial charge < -0.3 is 16.2 Å². The standard InChI is InChI=1S/C12H16BrN.C12H17NO2S.C4H8O.C4H9.2Li/c13-12-6-4-11(5-7-12)10-14-8-2-1-3-9-14;14-16(15)12-6-4-11(5-7-12)10-13-8-2-1-3-9-13;1-2-4-5-3-1;1-3-4-2;;/h4-7H,1-3,8-10H2;4-7H,1-3,8-10H2,(H,14,15);1-4H2;1,3-4H2,2H3;;/q;;;-1;2*+1/p-1. The van der Waals surface area contributed by atoms with Crippen LogP contribution in [0.3, 0.4) is 0 Å². The molecule has 9 heteroatoms. The zero-order valence-corrected chi connectivity index (χ0v) is 28.4. The van der Waals surface area contributed by atoms with Crippen molar-refractivity contribution in [2.24, 2.45) is 0 Å². The summed E-state index contributed by atoms with van der Waals surface area (Å²) in [6, 6.07) is 15.8. The van der Waals surface area contributed by atoms with E-state index in [2.05, 4.69) is 63.8 Å². The van der Waals surface area contributed by atoms with Crippen LogP contribution < -0.4 is 37.7 Å². The summed E-state index contributed by atoms with van der Waals surface area (Å²) in [6.45, 7) is 14.6. The van der Waals surface area contributed by atoms with Crippen LogP contribution in [-0.2, 0) is 28.9 Å². The van der Waals surface area contributed by atoms with Gasteiger partial charge in [0.2, 0.25) is 0 Å². The summed E-state index contributed by atoms with van der Waals surface area (Å²) in [5.74, 6) is 0. The quantitative estimate of drug-likeness (QED) is 0.276. The van der Waals surface area contributed by atoms with Crippen molar-refractivity contribution in [1.29, 1.82) is 0 Å². The van der Waals surface area contributed by atoms with E-state index in [4.69, 9.17) is 4.74 Å². The number of rotatable bonds is 6. The third kappa shape index (κ3) is 19.9. The number of hydrogen-bond acceptors (Lipinski definition) is 5. The van der Waals surface area contributed by atoms with Crippen LogP contribution in [0.1, 0.15) is 82.3 Å². The fraction of sp³-hybridized carbons (Fsp3) is 0.594. The minimum atomic E-state index is -2.11. The van der Waals surface area contributed by atoms with Gasteiger partial charge in [-0.2, -0.15) is 6.42 Å².